The molecule has 0 aliphatic heterocycles. The molecule has 0 aromatic heterocycles. The molecule has 0 spiro atoms. The topological polar surface area (TPSA) is 220 Å². The first-order valence-corrected chi connectivity index (χ1v) is 2.91. The summed E-state index contributed by atoms with van der Waals surface area (Å²) in [5.74, 6) is 0. The van der Waals surface area contributed by atoms with Gasteiger partial charge in [-0.05, 0) is 0 Å². The molecule has 0 amide bonds. The van der Waals surface area contributed by atoms with E-state index in [9.17, 15) is 0 Å². The highest BCUT2D eigenvalue weighted by Crippen LogP contribution is 2.03. The monoisotopic (exact) mass is 190 g/mol. The summed E-state index contributed by atoms with van der Waals surface area (Å²) in [6.45, 7) is 1.43. The van der Waals surface area contributed by atoms with Crippen molar-refractivity contribution in [2.45, 2.75) is 6.92 Å². The molecule has 11 heavy (non-hydrogen) atoms. The van der Waals surface area contributed by atoms with E-state index in [4.69, 9.17) is 24.5 Å². The van der Waals surface area contributed by atoms with E-state index in [2.05, 4.69) is 0 Å². The van der Waals surface area contributed by atoms with E-state index in [0.717, 1.165) is 0 Å². The minimum absolute atomic E-state index is 0. The number of phosphoric acid groups is 1. The summed E-state index contributed by atoms with van der Waals surface area (Å²) in [5.41, 5.74) is 0. The van der Waals surface area contributed by atoms with Crippen molar-refractivity contribution in [3.8, 4) is 6.07 Å². The lowest BCUT2D eigenvalue weighted by atomic mass is 11.0. The molecule has 0 aliphatic rings. The lowest BCUT2D eigenvalue weighted by Crippen LogP contribution is -2.24. The molecular weight excluding hydrogens is 175 g/mol. The summed E-state index contributed by atoms with van der Waals surface area (Å²) >= 11 is 0. The van der Waals surface area contributed by atoms with Crippen molar-refractivity contribution < 1.29 is 19.2 Å². The van der Waals surface area contributed by atoms with Crippen LogP contribution in [0.15, 0.2) is 0 Å². The van der Waals surface area contributed by atoms with Gasteiger partial charge >= 0.3 is 0 Å². The highest BCUT2D eigenvalue weighted by molar-refractivity contribution is 7.40. The zero-order valence-electron chi connectivity index (χ0n) is 7.03. The van der Waals surface area contributed by atoms with Gasteiger partial charge in [-0.2, -0.15) is 13.1 Å². The Kier molecular flexibility index (Phi) is 46.3. The predicted molar refractivity (Wildman–Crippen MR) is 36.8 cm³/mol. The average Bonchev–Trinajstić information content (AvgIpc) is 1.27. The molecular formula is C2H15N4O4P. The minimum atomic E-state index is -5.39. The van der Waals surface area contributed by atoms with Crippen LogP contribution in [0.5, 0.6) is 0 Å². The maximum Gasteiger partial charge on any atom is 0.0587 e. The largest absolute Gasteiger partial charge is 0.822 e. The zero-order valence-corrected chi connectivity index (χ0v) is 7.92. The maximum atomic E-state index is 8.55. The molecule has 12 N–H and O–H groups in total. The van der Waals surface area contributed by atoms with Crippen molar-refractivity contribution in [2.24, 2.45) is 0 Å². The number of nitrogens with zero attached hydrogens (tertiary/aromatic N) is 1. The summed E-state index contributed by atoms with van der Waals surface area (Å²) < 4.78 is 8.55. The van der Waals surface area contributed by atoms with Crippen molar-refractivity contribution in [3.05, 3.63) is 0 Å². The van der Waals surface area contributed by atoms with Crippen LogP contribution in [-0.2, 0) is 4.57 Å². The Morgan fingerprint density at radius 1 is 1.18 bits per heavy atom. The van der Waals surface area contributed by atoms with E-state index in [1.807, 2.05) is 0 Å². The summed E-state index contributed by atoms with van der Waals surface area (Å²) in [7, 11) is -5.39. The van der Waals surface area contributed by atoms with Gasteiger partial charge in [-0.15, -0.1) is 0 Å². The second kappa shape index (κ2) is 16.2. The number of quaternary nitrogens is 3. The molecule has 0 rings (SSSR count). The number of rotatable bonds is 0. The molecule has 0 saturated carbocycles. The van der Waals surface area contributed by atoms with Crippen molar-refractivity contribution in [1.29, 1.82) is 5.26 Å². The highest BCUT2D eigenvalue weighted by Gasteiger charge is 1.44. The second-order valence-corrected chi connectivity index (χ2v) is 1.57. The first-order valence-electron chi connectivity index (χ1n) is 1.45. The molecule has 0 saturated heterocycles. The van der Waals surface area contributed by atoms with Gasteiger partial charge in [-0.3, -0.25) is 0 Å². The third kappa shape index (κ3) is 1960. The molecule has 0 aliphatic carbocycles. The van der Waals surface area contributed by atoms with Gasteiger partial charge in [0.1, 0.15) is 0 Å². The van der Waals surface area contributed by atoms with Gasteiger partial charge in [0.25, 0.3) is 0 Å². The quantitative estimate of drug-likeness (QED) is 0.400. The molecule has 0 radical (unpaired) electrons. The third-order valence-electron chi connectivity index (χ3n) is 0. The first kappa shape index (κ1) is 31.4. The highest BCUT2D eigenvalue weighted by atomic mass is 31.2. The fourth-order valence-electron chi connectivity index (χ4n) is 0. The predicted octanol–water partition coefficient (Wildman–Crippen LogP) is -1.17. The zero-order chi connectivity index (χ0) is 7.21. The van der Waals surface area contributed by atoms with E-state index in [1.54, 1.807) is 6.07 Å². The van der Waals surface area contributed by atoms with Gasteiger partial charge in [0.15, 0.2) is 0 Å². The van der Waals surface area contributed by atoms with Crippen molar-refractivity contribution in [1.82, 2.24) is 18.5 Å². The van der Waals surface area contributed by atoms with Crippen molar-refractivity contribution in [2.75, 3.05) is 0 Å². The van der Waals surface area contributed by atoms with E-state index in [0.29, 0.717) is 0 Å². The molecule has 0 heterocycles. The van der Waals surface area contributed by atoms with E-state index >= 15 is 0 Å². The fraction of sp³-hybridized carbons (Fsp3) is 0.500. The SMILES string of the molecule is CC#N.O=P([O-])([O-])[O-].[NH4+].[NH4+].[NH4+]. The van der Waals surface area contributed by atoms with Crippen LogP contribution in [0.2, 0.25) is 0 Å². The molecule has 0 fully saturated rings. The Morgan fingerprint density at radius 2 is 1.18 bits per heavy atom. The van der Waals surface area contributed by atoms with Crippen LogP contribution in [0.25, 0.3) is 0 Å². The Hall–Kier alpha value is -0.520. The third-order valence-corrected chi connectivity index (χ3v) is 0. The smallest absolute Gasteiger partial charge is 0.0587 e. The van der Waals surface area contributed by atoms with E-state index in [-0.39, 0.29) is 18.5 Å². The molecule has 0 aromatic rings. The van der Waals surface area contributed by atoms with Gasteiger partial charge in [0.05, 0.1) is 6.07 Å². The molecule has 0 bridgehead atoms. The van der Waals surface area contributed by atoms with Gasteiger partial charge in [-0.25, -0.2) is 0 Å². The summed E-state index contributed by atoms with van der Waals surface area (Å²) in [5, 5.41) is 7.32. The first-order chi connectivity index (χ1) is 3.41. The number of hydrogen-bond donors (Lipinski definition) is 3. The minimum Gasteiger partial charge on any atom is -0.822 e. The summed E-state index contributed by atoms with van der Waals surface area (Å²) in [6, 6.07) is 1.75. The number of hydrogen-bond acceptors (Lipinski definition) is 5. The molecule has 72 valence electrons. The normalized spacial score (nSPS) is 6.09. The van der Waals surface area contributed by atoms with Crippen LogP contribution >= 0.6 is 7.82 Å². The van der Waals surface area contributed by atoms with Crippen LogP contribution in [0.1, 0.15) is 6.92 Å². The van der Waals surface area contributed by atoms with E-state index < -0.39 is 7.82 Å². The van der Waals surface area contributed by atoms with Crippen LogP contribution in [-0.4, -0.2) is 0 Å². The molecule has 0 aromatic carbocycles. The second-order valence-electron chi connectivity index (χ2n) is 0.671. The maximum absolute atomic E-state index is 8.55. The Bertz CT molecular complexity index is 118. The molecule has 9 heteroatoms. The average molecular weight is 190 g/mol. The van der Waals surface area contributed by atoms with Gasteiger partial charge in [0, 0.05) is 6.92 Å². The van der Waals surface area contributed by atoms with Crippen molar-refractivity contribution in [3.63, 3.8) is 0 Å². The molecule has 0 atom stereocenters. The molecule has 8 nitrogen and oxygen atoms in total. The fourth-order valence-corrected chi connectivity index (χ4v) is 0. The number of nitriles is 1. The van der Waals surface area contributed by atoms with Crippen molar-refractivity contribution >= 4 is 7.82 Å². The lowest BCUT2D eigenvalue weighted by molar-refractivity contribution is -0.432. The Labute approximate surface area is 64.8 Å². The van der Waals surface area contributed by atoms with Crippen LogP contribution in [0, 0.1) is 11.3 Å². The van der Waals surface area contributed by atoms with Crippen LogP contribution in [0.3, 0.4) is 0 Å². The standard InChI is InChI=1S/C2H3N.3H3N.H3O4P/c1-2-3;;;;1-5(2,3)4/h1H3;3*1H3;(H3,1,2,3,4). The van der Waals surface area contributed by atoms with Crippen LogP contribution < -0.4 is 33.1 Å². The van der Waals surface area contributed by atoms with E-state index in [1.165, 1.54) is 6.92 Å². The van der Waals surface area contributed by atoms with Gasteiger partial charge in [0.2, 0.25) is 0 Å². The Morgan fingerprint density at radius 3 is 1.18 bits per heavy atom. The van der Waals surface area contributed by atoms with Crippen LogP contribution in [0.4, 0.5) is 0 Å². The molecule has 0 unspecified atom stereocenters. The lowest BCUT2D eigenvalue weighted by Gasteiger charge is -2.36. The van der Waals surface area contributed by atoms with Gasteiger partial charge < -0.3 is 37.7 Å². The summed E-state index contributed by atoms with van der Waals surface area (Å²) in [6.07, 6.45) is 0. The summed E-state index contributed by atoms with van der Waals surface area (Å²) in [4.78, 5) is 25.6. The van der Waals surface area contributed by atoms with Gasteiger partial charge in [-0.1, -0.05) is 0 Å². The Balaban J connectivity index is -0.0000000183.